The summed E-state index contributed by atoms with van der Waals surface area (Å²) in [4.78, 5) is 4.52. The van der Waals surface area contributed by atoms with Crippen molar-refractivity contribution in [1.29, 1.82) is 0 Å². The molecular formula is C11H20N2OS. The maximum atomic E-state index is 5.05. The maximum Gasteiger partial charge on any atom is 0.0925 e. The van der Waals surface area contributed by atoms with Gasteiger partial charge in [-0.3, -0.25) is 0 Å². The predicted octanol–water partition coefficient (Wildman–Crippen LogP) is 1.87. The van der Waals surface area contributed by atoms with Gasteiger partial charge in [-0.15, -0.1) is 11.3 Å². The molecule has 3 nitrogen and oxygen atoms in total. The zero-order chi connectivity index (χ0) is 11.1. The molecule has 0 saturated heterocycles. The molecule has 1 atom stereocenters. The molecule has 0 spiro atoms. The fraction of sp³-hybridized carbons (Fsp3) is 0.727. The van der Waals surface area contributed by atoms with Crippen LogP contribution >= 0.6 is 11.3 Å². The summed E-state index contributed by atoms with van der Waals surface area (Å²) in [5.41, 5.74) is 1.20. The number of aryl methyl sites for hydroxylation is 1. The van der Waals surface area contributed by atoms with Gasteiger partial charge in [0.05, 0.1) is 17.3 Å². The SMILES string of the molecule is CCc1nc(CCNC(C)COC)cs1. The van der Waals surface area contributed by atoms with Crippen molar-refractivity contribution in [3.63, 3.8) is 0 Å². The Morgan fingerprint density at radius 1 is 1.60 bits per heavy atom. The van der Waals surface area contributed by atoms with Crippen LogP contribution in [0.1, 0.15) is 24.5 Å². The van der Waals surface area contributed by atoms with Crippen LogP contribution < -0.4 is 5.32 Å². The highest BCUT2D eigenvalue weighted by atomic mass is 32.1. The van der Waals surface area contributed by atoms with Crippen molar-refractivity contribution in [2.24, 2.45) is 0 Å². The molecule has 86 valence electrons. The normalized spacial score (nSPS) is 13.0. The summed E-state index contributed by atoms with van der Waals surface area (Å²) in [6.45, 7) is 6.00. The van der Waals surface area contributed by atoms with Crippen LogP contribution in [0, 0.1) is 0 Å². The van der Waals surface area contributed by atoms with E-state index in [2.05, 4.69) is 29.5 Å². The van der Waals surface area contributed by atoms with E-state index < -0.39 is 0 Å². The lowest BCUT2D eigenvalue weighted by atomic mass is 10.3. The average molecular weight is 228 g/mol. The van der Waals surface area contributed by atoms with Crippen molar-refractivity contribution in [1.82, 2.24) is 10.3 Å². The van der Waals surface area contributed by atoms with Crippen LogP contribution in [0.5, 0.6) is 0 Å². The summed E-state index contributed by atoms with van der Waals surface area (Å²) in [5, 5.41) is 6.78. The molecule has 1 unspecified atom stereocenters. The lowest BCUT2D eigenvalue weighted by molar-refractivity contribution is 0.172. The van der Waals surface area contributed by atoms with Crippen LogP contribution in [0.15, 0.2) is 5.38 Å². The summed E-state index contributed by atoms with van der Waals surface area (Å²) in [6.07, 6.45) is 2.04. The Morgan fingerprint density at radius 3 is 3.00 bits per heavy atom. The molecule has 1 N–H and O–H groups in total. The second-order valence-electron chi connectivity index (χ2n) is 3.65. The number of ether oxygens (including phenoxy) is 1. The van der Waals surface area contributed by atoms with Gasteiger partial charge in [-0.25, -0.2) is 4.98 Å². The molecule has 0 aliphatic heterocycles. The molecule has 0 aliphatic carbocycles. The van der Waals surface area contributed by atoms with Gasteiger partial charge in [-0.05, 0) is 13.3 Å². The lowest BCUT2D eigenvalue weighted by Crippen LogP contribution is -2.31. The number of rotatable bonds is 7. The zero-order valence-electron chi connectivity index (χ0n) is 9.75. The standard InChI is InChI=1S/C11H20N2OS/c1-4-11-13-10(8-15-11)5-6-12-9(2)7-14-3/h8-9,12H,4-7H2,1-3H3. The van der Waals surface area contributed by atoms with Gasteiger partial charge in [0.1, 0.15) is 0 Å². The second-order valence-corrected chi connectivity index (χ2v) is 4.59. The van der Waals surface area contributed by atoms with E-state index in [-0.39, 0.29) is 0 Å². The highest BCUT2D eigenvalue weighted by Gasteiger charge is 2.02. The van der Waals surface area contributed by atoms with Crippen LogP contribution in [0.3, 0.4) is 0 Å². The van der Waals surface area contributed by atoms with Gasteiger partial charge < -0.3 is 10.1 Å². The topological polar surface area (TPSA) is 34.2 Å². The van der Waals surface area contributed by atoms with E-state index in [4.69, 9.17) is 4.74 Å². The molecule has 0 saturated carbocycles. The number of hydrogen-bond donors (Lipinski definition) is 1. The number of nitrogens with one attached hydrogen (secondary N) is 1. The van der Waals surface area contributed by atoms with Crippen LogP contribution in [-0.2, 0) is 17.6 Å². The monoisotopic (exact) mass is 228 g/mol. The highest BCUT2D eigenvalue weighted by Crippen LogP contribution is 2.10. The van der Waals surface area contributed by atoms with Crippen molar-refractivity contribution in [3.05, 3.63) is 16.1 Å². The molecule has 1 aromatic rings. The van der Waals surface area contributed by atoms with Gasteiger partial charge in [0.2, 0.25) is 0 Å². The smallest absolute Gasteiger partial charge is 0.0925 e. The molecule has 1 heterocycles. The van der Waals surface area contributed by atoms with Crippen LogP contribution in [0.4, 0.5) is 0 Å². The summed E-state index contributed by atoms with van der Waals surface area (Å²) in [5.74, 6) is 0. The molecular weight excluding hydrogens is 208 g/mol. The Kier molecular flexibility index (Phi) is 5.83. The third kappa shape index (κ3) is 4.73. The third-order valence-corrected chi connectivity index (χ3v) is 3.23. The van der Waals surface area contributed by atoms with Gasteiger partial charge >= 0.3 is 0 Å². The third-order valence-electron chi connectivity index (χ3n) is 2.19. The molecule has 0 aromatic carbocycles. The Hall–Kier alpha value is -0.450. The fourth-order valence-corrected chi connectivity index (χ4v) is 2.16. The Morgan fingerprint density at radius 2 is 2.40 bits per heavy atom. The number of thiazole rings is 1. The first-order valence-electron chi connectivity index (χ1n) is 5.41. The highest BCUT2D eigenvalue weighted by molar-refractivity contribution is 7.09. The lowest BCUT2D eigenvalue weighted by Gasteiger charge is -2.11. The minimum atomic E-state index is 0.416. The molecule has 0 aliphatic rings. The molecule has 1 rings (SSSR count). The zero-order valence-corrected chi connectivity index (χ0v) is 10.6. The number of aromatic nitrogens is 1. The maximum absolute atomic E-state index is 5.05. The minimum absolute atomic E-state index is 0.416. The molecule has 0 fully saturated rings. The van der Waals surface area contributed by atoms with E-state index in [0.29, 0.717) is 6.04 Å². The first-order chi connectivity index (χ1) is 7.26. The number of methoxy groups -OCH3 is 1. The first kappa shape index (κ1) is 12.6. The Labute approximate surface area is 95.9 Å². The molecule has 15 heavy (non-hydrogen) atoms. The van der Waals surface area contributed by atoms with E-state index >= 15 is 0 Å². The van der Waals surface area contributed by atoms with Gasteiger partial charge in [0, 0.05) is 31.5 Å². The van der Waals surface area contributed by atoms with Crippen molar-refractivity contribution in [3.8, 4) is 0 Å². The van der Waals surface area contributed by atoms with Gasteiger partial charge in [-0.2, -0.15) is 0 Å². The molecule has 0 radical (unpaired) electrons. The van der Waals surface area contributed by atoms with E-state index in [9.17, 15) is 0 Å². The summed E-state index contributed by atoms with van der Waals surface area (Å²) in [7, 11) is 1.73. The molecule has 4 heteroatoms. The summed E-state index contributed by atoms with van der Waals surface area (Å²) < 4.78 is 5.05. The van der Waals surface area contributed by atoms with Gasteiger partial charge in [0.15, 0.2) is 0 Å². The fourth-order valence-electron chi connectivity index (χ4n) is 1.38. The average Bonchev–Trinajstić information content (AvgIpc) is 2.66. The quantitative estimate of drug-likeness (QED) is 0.773. The van der Waals surface area contributed by atoms with Gasteiger partial charge in [-0.1, -0.05) is 6.92 Å². The molecule has 0 bridgehead atoms. The van der Waals surface area contributed by atoms with E-state index in [1.807, 2.05) is 0 Å². The van der Waals surface area contributed by atoms with E-state index in [1.54, 1.807) is 18.4 Å². The number of nitrogens with zero attached hydrogens (tertiary/aromatic N) is 1. The van der Waals surface area contributed by atoms with Crippen molar-refractivity contribution < 1.29 is 4.74 Å². The largest absolute Gasteiger partial charge is 0.383 e. The van der Waals surface area contributed by atoms with Crippen LogP contribution in [0.2, 0.25) is 0 Å². The van der Waals surface area contributed by atoms with Crippen LogP contribution in [-0.4, -0.2) is 31.3 Å². The summed E-state index contributed by atoms with van der Waals surface area (Å²) in [6, 6.07) is 0.416. The second kappa shape index (κ2) is 6.93. The van der Waals surface area contributed by atoms with Crippen molar-refractivity contribution >= 4 is 11.3 Å². The number of hydrogen-bond acceptors (Lipinski definition) is 4. The summed E-state index contributed by atoms with van der Waals surface area (Å²) >= 11 is 1.76. The molecule has 1 aromatic heterocycles. The van der Waals surface area contributed by atoms with Crippen molar-refractivity contribution in [2.75, 3.05) is 20.3 Å². The Bertz CT molecular complexity index is 275. The van der Waals surface area contributed by atoms with E-state index in [0.717, 1.165) is 26.0 Å². The molecule has 0 amide bonds. The van der Waals surface area contributed by atoms with E-state index in [1.165, 1.54) is 10.7 Å². The predicted molar refractivity (Wildman–Crippen MR) is 64.5 cm³/mol. The first-order valence-corrected chi connectivity index (χ1v) is 6.29. The van der Waals surface area contributed by atoms with Gasteiger partial charge in [0.25, 0.3) is 0 Å². The minimum Gasteiger partial charge on any atom is -0.383 e. The Balaban J connectivity index is 2.19. The van der Waals surface area contributed by atoms with Crippen molar-refractivity contribution in [2.45, 2.75) is 32.7 Å². The van der Waals surface area contributed by atoms with Crippen LogP contribution in [0.25, 0.3) is 0 Å².